The number of nitrogens with zero attached hydrogens (tertiary/aromatic N) is 2. The summed E-state index contributed by atoms with van der Waals surface area (Å²) in [7, 11) is 0. The molecule has 0 saturated heterocycles. The number of carbonyl (C=O) groups is 1. The van der Waals surface area contributed by atoms with E-state index in [4.69, 9.17) is 5.11 Å². The first-order chi connectivity index (χ1) is 7.90. The summed E-state index contributed by atoms with van der Waals surface area (Å²) in [6.45, 7) is -1.20. The van der Waals surface area contributed by atoms with E-state index in [-0.39, 0.29) is 16.7 Å². The molecule has 1 aromatic carbocycles. The summed E-state index contributed by atoms with van der Waals surface area (Å²) in [4.78, 5) is 30.1. The highest BCUT2D eigenvalue weighted by Crippen LogP contribution is 2.14. The Bertz CT molecular complexity index is 484. The molecule has 8 heteroatoms. The van der Waals surface area contributed by atoms with Crippen molar-refractivity contribution in [3.8, 4) is 0 Å². The van der Waals surface area contributed by atoms with Crippen molar-refractivity contribution in [3.05, 3.63) is 55.1 Å². The van der Waals surface area contributed by atoms with Gasteiger partial charge in [-0.1, -0.05) is 6.07 Å². The van der Waals surface area contributed by atoms with Crippen LogP contribution in [0.3, 0.4) is 0 Å². The van der Waals surface area contributed by atoms with Gasteiger partial charge in [-0.3, -0.25) is 20.2 Å². The number of hydrogen-bond acceptors (Lipinski definition) is 5. The van der Waals surface area contributed by atoms with Crippen molar-refractivity contribution in [2.24, 2.45) is 0 Å². The molecule has 0 aliphatic heterocycles. The van der Waals surface area contributed by atoms with Crippen LogP contribution in [0.1, 0.15) is 21.5 Å². The largest absolute Gasteiger partial charge is 0.478 e. The fourth-order valence-electron chi connectivity index (χ4n) is 1.34. The van der Waals surface area contributed by atoms with E-state index in [9.17, 15) is 25.0 Å². The van der Waals surface area contributed by atoms with Crippen LogP contribution in [0.5, 0.6) is 0 Å². The predicted molar refractivity (Wildman–Crippen MR) is 54.8 cm³/mol. The van der Waals surface area contributed by atoms with Crippen LogP contribution in [-0.4, -0.2) is 20.9 Å². The van der Waals surface area contributed by atoms with Gasteiger partial charge in [0, 0.05) is 21.0 Å². The van der Waals surface area contributed by atoms with Crippen molar-refractivity contribution >= 4 is 5.97 Å². The average molecular weight is 240 g/mol. The normalized spacial score (nSPS) is 9.88. The van der Waals surface area contributed by atoms with Gasteiger partial charge in [0.05, 0.1) is 5.56 Å². The zero-order chi connectivity index (χ0) is 13.0. The molecule has 8 nitrogen and oxygen atoms in total. The summed E-state index contributed by atoms with van der Waals surface area (Å²) in [5, 5.41) is 29.4. The van der Waals surface area contributed by atoms with Gasteiger partial charge in [-0.05, 0) is 12.1 Å². The standard InChI is InChI=1S/C9H8N2O6/c12-9(13)6-1-2-7(4-10(14)15)8(3-6)5-11(16)17/h1-3H,4-5H2,(H,12,13). The van der Waals surface area contributed by atoms with E-state index in [1.54, 1.807) is 0 Å². The third-order valence-electron chi connectivity index (χ3n) is 2.05. The molecule has 0 aliphatic rings. The quantitative estimate of drug-likeness (QED) is 0.603. The molecule has 1 aromatic rings. The highest BCUT2D eigenvalue weighted by molar-refractivity contribution is 5.87. The molecule has 0 heterocycles. The first-order valence-corrected chi connectivity index (χ1v) is 4.49. The molecule has 90 valence electrons. The zero-order valence-corrected chi connectivity index (χ0v) is 8.53. The number of benzene rings is 1. The fraction of sp³-hybridized carbons (Fsp3) is 0.222. The van der Waals surface area contributed by atoms with Crippen LogP contribution in [0.2, 0.25) is 0 Å². The van der Waals surface area contributed by atoms with E-state index in [2.05, 4.69) is 0 Å². The lowest BCUT2D eigenvalue weighted by atomic mass is 10.0. The molecule has 0 saturated carbocycles. The molecule has 0 aromatic heterocycles. The second kappa shape index (κ2) is 5.01. The third kappa shape index (κ3) is 3.52. The van der Waals surface area contributed by atoms with Crippen LogP contribution < -0.4 is 0 Å². The minimum atomic E-state index is -1.23. The summed E-state index contributed by atoms with van der Waals surface area (Å²) in [5.74, 6) is -1.23. The number of rotatable bonds is 5. The molecule has 0 fully saturated rings. The Balaban J connectivity index is 3.15. The number of aromatic carboxylic acids is 1. The molecule has 17 heavy (non-hydrogen) atoms. The molecule has 0 unspecified atom stereocenters. The summed E-state index contributed by atoms with van der Waals surface area (Å²) in [5.41, 5.74) is 0.0669. The predicted octanol–water partition coefficient (Wildman–Crippen LogP) is 0.938. The molecular formula is C9H8N2O6. The van der Waals surface area contributed by atoms with E-state index in [1.165, 1.54) is 12.1 Å². The SMILES string of the molecule is O=C(O)c1ccc(C[N+](=O)[O-])c(C[N+](=O)[O-])c1. The van der Waals surface area contributed by atoms with Crippen LogP contribution in [0.25, 0.3) is 0 Å². The topological polar surface area (TPSA) is 124 Å². The molecular weight excluding hydrogens is 232 g/mol. The number of carboxylic acids is 1. The molecule has 0 amide bonds. The number of nitro groups is 2. The van der Waals surface area contributed by atoms with E-state index in [0.717, 1.165) is 6.07 Å². The second-order valence-electron chi connectivity index (χ2n) is 3.27. The van der Waals surface area contributed by atoms with Crippen molar-refractivity contribution in [2.75, 3.05) is 0 Å². The van der Waals surface area contributed by atoms with Crippen LogP contribution in [-0.2, 0) is 13.1 Å². The van der Waals surface area contributed by atoms with Gasteiger partial charge in [0.2, 0.25) is 13.1 Å². The lowest BCUT2D eigenvalue weighted by Gasteiger charge is -2.03. The minimum Gasteiger partial charge on any atom is -0.478 e. The molecule has 1 N–H and O–H groups in total. The summed E-state index contributed by atoms with van der Waals surface area (Å²) < 4.78 is 0. The Morgan fingerprint density at radius 3 is 2.12 bits per heavy atom. The maximum atomic E-state index is 10.7. The molecule has 0 radical (unpaired) electrons. The van der Waals surface area contributed by atoms with Gasteiger partial charge in [-0.15, -0.1) is 0 Å². The Morgan fingerprint density at radius 2 is 1.65 bits per heavy atom. The summed E-state index contributed by atoms with van der Waals surface area (Å²) in [6.07, 6.45) is 0. The molecule has 0 bridgehead atoms. The van der Waals surface area contributed by atoms with Crippen molar-refractivity contribution in [3.63, 3.8) is 0 Å². The Kier molecular flexibility index (Phi) is 3.70. The maximum Gasteiger partial charge on any atom is 0.335 e. The van der Waals surface area contributed by atoms with Crippen molar-refractivity contribution < 1.29 is 19.7 Å². The van der Waals surface area contributed by atoms with Crippen LogP contribution in [0.15, 0.2) is 18.2 Å². The Hall–Kier alpha value is -2.51. The van der Waals surface area contributed by atoms with Gasteiger partial charge >= 0.3 is 5.97 Å². The van der Waals surface area contributed by atoms with E-state index in [0.29, 0.717) is 0 Å². The van der Waals surface area contributed by atoms with Gasteiger partial charge in [-0.2, -0.15) is 0 Å². The first-order valence-electron chi connectivity index (χ1n) is 4.49. The van der Waals surface area contributed by atoms with Crippen molar-refractivity contribution in [1.82, 2.24) is 0 Å². The lowest BCUT2D eigenvalue weighted by Crippen LogP contribution is -2.08. The second-order valence-corrected chi connectivity index (χ2v) is 3.27. The first kappa shape index (κ1) is 12.6. The van der Waals surface area contributed by atoms with Crippen LogP contribution in [0.4, 0.5) is 0 Å². The smallest absolute Gasteiger partial charge is 0.335 e. The van der Waals surface area contributed by atoms with E-state index >= 15 is 0 Å². The third-order valence-corrected chi connectivity index (χ3v) is 2.05. The molecule has 0 atom stereocenters. The molecule has 0 aliphatic carbocycles. The molecule has 0 spiro atoms. The van der Waals surface area contributed by atoms with Gasteiger partial charge in [-0.25, -0.2) is 4.79 Å². The van der Waals surface area contributed by atoms with Gasteiger partial charge < -0.3 is 5.11 Å². The van der Waals surface area contributed by atoms with E-state index < -0.39 is 28.9 Å². The highest BCUT2D eigenvalue weighted by atomic mass is 16.6. The van der Waals surface area contributed by atoms with Crippen molar-refractivity contribution in [1.29, 1.82) is 0 Å². The lowest BCUT2D eigenvalue weighted by molar-refractivity contribution is -0.503. The summed E-state index contributed by atoms with van der Waals surface area (Å²) >= 11 is 0. The maximum absolute atomic E-state index is 10.7. The fourth-order valence-corrected chi connectivity index (χ4v) is 1.34. The average Bonchev–Trinajstić information content (AvgIpc) is 2.18. The van der Waals surface area contributed by atoms with Gasteiger partial charge in [0.1, 0.15) is 0 Å². The molecule has 1 rings (SSSR count). The zero-order valence-electron chi connectivity index (χ0n) is 8.53. The van der Waals surface area contributed by atoms with E-state index in [1.807, 2.05) is 0 Å². The Morgan fingerprint density at radius 1 is 1.12 bits per heavy atom. The number of hydrogen-bond donors (Lipinski definition) is 1. The monoisotopic (exact) mass is 240 g/mol. The van der Waals surface area contributed by atoms with Crippen molar-refractivity contribution in [2.45, 2.75) is 13.1 Å². The minimum absolute atomic E-state index is 0.0478. The van der Waals surface area contributed by atoms with Gasteiger partial charge in [0.15, 0.2) is 0 Å². The van der Waals surface area contributed by atoms with Gasteiger partial charge in [0.25, 0.3) is 0 Å². The summed E-state index contributed by atoms with van der Waals surface area (Å²) in [6, 6.07) is 3.50. The Labute approximate surface area is 94.8 Å². The van der Waals surface area contributed by atoms with Crippen LogP contribution >= 0.6 is 0 Å². The number of carboxylic acid groups (broad SMARTS) is 1. The highest BCUT2D eigenvalue weighted by Gasteiger charge is 2.15. The van der Waals surface area contributed by atoms with Crippen LogP contribution in [0, 0.1) is 20.2 Å².